The summed E-state index contributed by atoms with van der Waals surface area (Å²) in [5, 5.41) is 3.71. The second-order valence-electron chi connectivity index (χ2n) is 15.1. The van der Waals surface area contributed by atoms with Crippen LogP contribution in [0.5, 0.6) is 0 Å². The number of fused-ring (bicyclic) bond motifs is 4. The number of para-hydroxylation sites is 3. The number of aromatic nitrogens is 3. The average Bonchev–Trinajstić information content (AvgIpc) is 3.59. The number of benzene rings is 4. The van der Waals surface area contributed by atoms with Crippen LogP contribution in [0.3, 0.4) is 0 Å². The fourth-order valence-electron chi connectivity index (χ4n) is 6.30. The third-order valence-electron chi connectivity index (χ3n) is 8.44. The molecule has 0 bridgehead atoms. The molecule has 0 saturated carbocycles. The summed E-state index contributed by atoms with van der Waals surface area (Å²) in [5.74, 6) is 0.904. The van der Waals surface area contributed by atoms with Gasteiger partial charge in [-0.15, -0.1) is 53.6 Å². The average molecular weight is 828 g/mol. The minimum absolute atomic E-state index is 0. The van der Waals surface area contributed by atoms with E-state index in [1.165, 1.54) is 16.3 Å². The molecule has 6 heteroatoms. The molecule has 0 amide bonds. The monoisotopic (exact) mass is 828 g/mol. The van der Waals surface area contributed by atoms with Crippen LogP contribution in [0.15, 0.2) is 95.5 Å². The minimum Gasteiger partial charge on any atom is -0.501 e. The van der Waals surface area contributed by atoms with Crippen molar-refractivity contribution in [3.05, 3.63) is 114 Å². The summed E-state index contributed by atoms with van der Waals surface area (Å²) < 4.78 is 8.44. The van der Waals surface area contributed by atoms with Gasteiger partial charge in [0.2, 0.25) is 0 Å². The van der Waals surface area contributed by atoms with E-state index in [9.17, 15) is 0 Å². The molecule has 3 aromatic heterocycles. The zero-order valence-electron chi connectivity index (χ0n) is 29.5. The molecule has 249 valence electrons. The van der Waals surface area contributed by atoms with E-state index >= 15 is 0 Å². The quantitative estimate of drug-likeness (QED) is 0.128. The van der Waals surface area contributed by atoms with Crippen LogP contribution in [0.25, 0.3) is 55.6 Å². The van der Waals surface area contributed by atoms with Crippen molar-refractivity contribution in [3.8, 4) is 22.6 Å². The van der Waals surface area contributed by atoms with Gasteiger partial charge in [-0.3, -0.25) is 4.98 Å². The summed E-state index contributed by atoms with van der Waals surface area (Å²) in [6.45, 7) is 20.5. The molecular formula is C42H45IrN3OSi-2. The zero-order chi connectivity index (χ0) is 33.5. The number of pyridine rings is 1. The predicted molar refractivity (Wildman–Crippen MR) is 201 cm³/mol. The molecule has 0 aliphatic heterocycles. The van der Waals surface area contributed by atoms with Crippen LogP contribution in [0.1, 0.15) is 51.8 Å². The Morgan fingerprint density at radius 2 is 1.62 bits per heavy atom. The Morgan fingerprint density at radius 1 is 0.896 bits per heavy atom. The molecule has 0 atom stereocenters. The van der Waals surface area contributed by atoms with Crippen molar-refractivity contribution in [2.75, 3.05) is 0 Å². The molecule has 4 nitrogen and oxygen atoms in total. The summed E-state index contributed by atoms with van der Waals surface area (Å²) >= 11 is 0. The molecule has 4 aromatic carbocycles. The van der Waals surface area contributed by atoms with Crippen molar-refractivity contribution >= 4 is 46.2 Å². The van der Waals surface area contributed by atoms with Gasteiger partial charge in [-0.25, -0.2) is 0 Å². The van der Waals surface area contributed by atoms with Gasteiger partial charge in [0.25, 0.3) is 0 Å². The van der Waals surface area contributed by atoms with Gasteiger partial charge in [0, 0.05) is 37.7 Å². The maximum Gasteiger partial charge on any atom is 0.120 e. The van der Waals surface area contributed by atoms with Gasteiger partial charge in [-0.05, 0) is 54.8 Å². The van der Waals surface area contributed by atoms with Crippen LogP contribution in [-0.2, 0) is 26.5 Å². The standard InChI is InChI=1S/C22H17N2O.C20H28NSi.Ir/c1-14(2)24-19-12-5-4-11-18(19)23-22(24)17-10-7-9-16-15-8-3-6-13-20(15)25-21(16)17;1-15-8-10-16(11-9-15)18-12-17(13-20(2,3)4)19(14-21-18)22(5,6)7;/h3-9,11-14H,1-2H3;8-10,12,14H,13H2,1-7H3;/q2*-1;. The molecule has 0 spiro atoms. The molecule has 0 aliphatic carbocycles. The molecule has 48 heavy (non-hydrogen) atoms. The Balaban J connectivity index is 0.000000186. The Bertz CT molecular complexity index is 2180. The van der Waals surface area contributed by atoms with Gasteiger partial charge in [-0.2, -0.15) is 0 Å². The van der Waals surface area contributed by atoms with Crippen LogP contribution in [0, 0.1) is 24.5 Å². The van der Waals surface area contributed by atoms with Crippen molar-refractivity contribution in [2.24, 2.45) is 5.41 Å². The van der Waals surface area contributed by atoms with E-state index in [-0.39, 0.29) is 31.6 Å². The molecule has 0 unspecified atom stereocenters. The first-order valence-electron chi connectivity index (χ1n) is 16.6. The van der Waals surface area contributed by atoms with Crippen LogP contribution < -0.4 is 5.19 Å². The Hall–Kier alpha value is -3.83. The molecule has 0 saturated heterocycles. The van der Waals surface area contributed by atoms with Crippen molar-refractivity contribution in [1.82, 2.24) is 14.5 Å². The molecule has 7 rings (SSSR count). The van der Waals surface area contributed by atoms with Crippen LogP contribution in [0.4, 0.5) is 0 Å². The molecule has 1 radical (unpaired) electrons. The van der Waals surface area contributed by atoms with Crippen molar-refractivity contribution in [3.63, 3.8) is 0 Å². The number of aryl methyl sites for hydroxylation is 1. The summed E-state index contributed by atoms with van der Waals surface area (Å²) in [5.41, 5.74) is 9.89. The molecule has 0 N–H and O–H groups in total. The van der Waals surface area contributed by atoms with Gasteiger partial charge < -0.3 is 14.0 Å². The van der Waals surface area contributed by atoms with E-state index < -0.39 is 8.07 Å². The fourth-order valence-corrected chi connectivity index (χ4v) is 7.88. The smallest absolute Gasteiger partial charge is 0.120 e. The first kappa shape index (κ1) is 35.5. The predicted octanol–water partition coefficient (Wildman–Crippen LogP) is 11.0. The third-order valence-corrected chi connectivity index (χ3v) is 10.5. The summed E-state index contributed by atoms with van der Waals surface area (Å²) in [7, 11) is -1.38. The molecule has 0 fully saturated rings. The Kier molecular flexibility index (Phi) is 10.3. The van der Waals surface area contributed by atoms with Gasteiger partial charge in [0.15, 0.2) is 0 Å². The normalized spacial score (nSPS) is 12.0. The number of furan rings is 1. The van der Waals surface area contributed by atoms with E-state index in [4.69, 9.17) is 14.4 Å². The first-order valence-corrected chi connectivity index (χ1v) is 20.1. The van der Waals surface area contributed by atoms with Gasteiger partial charge >= 0.3 is 0 Å². The van der Waals surface area contributed by atoms with Crippen LogP contribution in [-0.4, -0.2) is 22.6 Å². The largest absolute Gasteiger partial charge is 0.501 e. The second kappa shape index (κ2) is 14.0. The summed E-state index contributed by atoms with van der Waals surface area (Å²) in [6.07, 6.45) is 3.21. The summed E-state index contributed by atoms with van der Waals surface area (Å²) in [6, 6.07) is 36.0. The molecule has 0 aliphatic rings. The zero-order valence-corrected chi connectivity index (χ0v) is 32.9. The van der Waals surface area contributed by atoms with Gasteiger partial charge in [-0.1, -0.05) is 100 Å². The minimum atomic E-state index is -1.38. The maximum atomic E-state index is 6.18. The van der Waals surface area contributed by atoms with Crippen molar-refractivity contribution < 1.29 is 24.5 Å². The molecule has 7 aromatic rings. The second-order valence-corrected chi connectivity index (χ2v) is 20.1. The van der Waals surface area contributed by atoms with Crippen LogP contribution >= 0.6 is 0 Å². The third kappa shape index (κ3) is 7.42. The first-order chi connectivity index (χ1) is 22.3. The van der Waals surface area contributed by atoms with E-state index in [2.05, 4.69) is 133 Å². The number of hydrogen-bond donors (Lipinski definition) is 0. The van der Waals surface area contributed by atoms with Crippen molar-refractivity contribution in [2.45, 2.75) is 73.6 Å². The molecular weight excluding hydrogens is 783 g/mol. The van der Waals surface area contributed by atoms with E-state index in [1.807, 2.05) is 36.4 Å². The van der Waals surface area contributed by atoms with Gasteiger partial charge in [0.1, 0.15) is 5.58 Å². The SMILES string of the molecule is CC(C)n1c(-c2[c-]ccc3c2oc2ccccc23)nc2ccccc21.Cc1c[c-]c(-c2cc(CC(C)(C)C)c([Si](C)(C)C)cn2)cc1.[Ir]. The molecule has 3 heterocycles. The number of imidazole rings is 1. The van der Waals surface area contributed by atoms with Gasteiger partial charge in [0.05, 0.1) is 30.5 Å². The van der Waals surface area contributed by atoms with E-state index in [0.717, 1.165) is 62.0 Å². The van der Waals surface area contributed by atoms with Crippen LogP contribution in [0.2, 0.25) is 19.6 Å². The Labute approximate surface area is 300 Å². The maximum absolute atomic E-state index is 6.18. The fraction of sp³-hybridized carbons (Fsp3) is 0.286. The Morgan fingerprint density at radius 3 is 2.31 bits per heavy atom. The topological polar surface area (TPSA) is 43.9 Å². The number of rotatable bonds is 5. The number of hydrogen-bond acceptors (Lipinski definition) is 3. The van der Waals surface area contributed by atoms with E-state index in [1.54, 1.807) is 0 Å². The van der Waals surface area contributed by atoms with Crippen molar-refractivity contribution in [1.29, 1.82) is 0 Å². The number of nitrogens with zero attached hydrogens (tertiary/aromatic N) is 3. The van der Waals surface area contributed by atoms with E-state index in [0.29, 0.717) is 0 Å². The summed E-state index contributed by atoms with van der Waals surface area (Å²) in [4.78, 5) is 9.64.